The van der Waals surface area contributed by atoms with Crippen LogP contribution < -0.4 is 5.73 Å². The molecule has 0 saturated carbocycles. The third kappa shape index (κ3) is 1.56. The van der Waals surface area contributed by atoms with Crippen molar-refractivity contribution in [1.29, 1.82) is 0 Å². The summed E-state index contributed by atoms with van der Waals surface area (Å²) in [4.78, 5) is 0. The minimum absolute atomic E-state index is 0.421. The molecule has 0 radical (unpaired) electrons. The Morgan fingerprint density at radius 3 is 1.77 bits per heavy atom. The smallest absolute Gasteiger partial charge is 0.152 e. The first-order valence-electron chi connectivity index (χ1n) is 3.17. The summed E-state index contributed by atoms with van der Waals surface area (Å²) >= 11 is 10.6. The Bertz CT molecular complexity index is 325. The van der Waals surface area contributed by atoms with Crippen molar-refractivity contribution >= 4 is 28.9 Å². The number of hydrogen-bond donors (Lipinski definition) is 1. The quantitative estimate of drug-likeness (QED) is 0.581. The van der Waals surface area contributed by atoms with Crippen molar-refractivity contribution in [3.05, 3.63) is 27.2 Å². The predicted octanol–water partition coefficient (Wildman–Crippen LogP) is 3.32. The molecular formula is C7H4Cl2F3N. The van der Waals surface area contributed by atoms with E-state index in [1.54, 1.807) is 0 Å². The van der Waals surface area contributed by atoms with E-state index in [9.17, 15) is 13.2 Å². The first-order valence-corrected chi connectivity index (χ1v) is 3.92. The van der Waals surface area contributed by atoms with Crippen LogP contribution in [0, 0.1) is 11.6 Å². The first-order chi connectivity index (χ1) is 6.00. The number of benzene rings is 1. The highest BCUT2D eigenvalue weighted by molar-refractivity contribution is 6.39. The molecule has 1 aromatic rings. The fraction of sp³-hybridized carbons (Fsp3) is 0.143. The second-order valence-electron chi connectivity index (χ2n) is 2.28. The van der Waals surface area contributed by atoms with Gasteiger partial charge in [-0.1, -0.05) is 23.2 Å². The Morgan fingerprint density at radius 1 is 1.08 bits per heavy atom. The van der Waals surface area contributed by atoms with Crippen molar-refractivity contribution in [2.24, 2.45) is 0 Å². The van der Waals surface area contributed by atoms with Crippen molar-refractivity contribution in [1.82, 2.24) is 0 Å². The van der Waals surface area contributed by atoms with Gasteiger partial charge >= 0.3 is 0 Å². The SMILES string of the molecule is Nc1c(Cl)c(F)c(CF)c(F)c1Cl. The van der Waals surface area contributed by atoms with Crippen LogP contribution in [0.25, 0.3) is 0 Å². The molecule has 72 valence electrons. The van der Waals surface area contributed by atoms with Crippen LogP contribution in [0.5, 0.6) is 0 Å². The molecule has 0 heterocycles. The van der Waals surface area contributed by atoms with Gasteiger partial charge in [0.1, 0.15) is 16.7 Å². The van der Waals surface area contributed by atoms with E-state index < -0.39 is 39.6 Å². The predicted molar refractivity (Wildman–Crippen MR) is 45.6 cm³/mol. The monoisotopic (exact) mass is 229 g/mol. The van der Waals surface area contributed by atoms with Crippen LogP contribution in [0.15, 0.2) is 0 Å². The molecule has 0 atom stereocenters. The van der Waals surface area contributed by atoms with Crippen LogP contribution in [0.3, 0.4) is 0 Å². The number of halogens is 5. The Balaban J connectivity index is 3.56. The molecule has 0 saturated heterocycles. The van der Waals surface area contributed by atoms with E-state index in [0.717, 1.165) is 0 Å². The largest absolute Gasteiger partial charge is 0.396 e. The topological polar surface area (TPSA) is 26.0 Å². The van der Waals surface area contributed by atoms with E-state index in [0.29, 0.717) is 0 Å². The molecule has 1 nitrogen and oxygen atoms in total. The molecule has 0 aliphatic heterocycles. The van der Waals surface area contributed by atoms with Crippen LogP contribution >= 0.6 is 23.2 Å². The second-order valence-corrected chi connectivity index (χ2v) is 3.04. The molecule has 6 heteroatoms. The Hall–Kier alpha value is -0.610. The molecule has 1 aromatic carbocycles. The van der Waals surface area contributed by atoms with E-state index in [1.165, 1.54) is 0 Å². The maximum absolute atomic E-state index is 13.0. The summed E-state index contributed by atoms with van der Waals surface area (Å²) in [6, 6.07) is 0. The number of anilines is 1. The highest BCUT2D eigenvalue weighted by atomic mass is 35.5. The molecule has 0 spiro atoms. The fourth-order valence-electron chi connectivity index (χ4n) is 0.811. The van der Waals surface area contributed by atoms with Crippen LogP contribution in [-0.4, -0.2) is 0 Å². The normalized spacial score (nSPS) is 10.5. The summed E-state index contributed by atoms with van der Waals surface area (Å²) in [7, 11) is 0. The summed E-state index contributed by atoms with van der Waals surface area (Å²) in [5.41, 5.74) is 3.92. The van der Waals surface area contributed by atoms with E-state index in [-0.39, 0.29) is 0 Å². The van der Waals surface area contributed by atoms with Gasteiger partial charge in [-0.3, -0.25) is 0 Å². The average Bonchev–Trinajstić information content (AvgIpc) is 2.13. The zero-order valence-corrected chi connectivity index (χ0v) is 7.69. The van der Waals surface area contributed by atoms with Gasteiger partial charge in [0, 0.05) is 0 Å². The highest BCUT2D eigenvalue weighted by Gasteiger charge is 2.20. The number of hydrogen-bond acceptors (Lipinski definition) is 1. The lowest BCUT2D eigenvalue weighted by atomic mass is 10.2. The van der Waals surface area contributed by atoms with Gasteiger partial charge in [0.15, 0.2) is 11.6 Å². The van der Waals surface area contributed by atoms with Crippen molar-refractivity contribution in [2.45, 2.75) is 6.67 Å². The van der Waals surface area contributed by atoms with Crippen molar-refractivity contribution in [3.8, 4) is 0 Å². The zero-order chi connectivity index (χ0) is 10.2. The summed E-state index contributed by atoms with van der Waals surface area (Å²) in [5.74, 6) is -2.41. The lowest BCUT2D eigenvalue weighted by molar-refractivity contribution is 0.440. The molecule has 0 aromatic heterocycles. The molecule has 13 heavy (non-hydrogen) atoms. The van der Waals surface area contributed by atoms with Crippen LogP contribution in [0.2, 0.25) is 10.0 Å². The van der Waals surface area contributed by atoms with Gasteiger partial charge in [-0.15, -0.1) is 0 Å². The van der Waals surface area contributed by atoms with Gasteiger partial charge in [-0.05, 0) is 0 Å². The summed E-state index contributed by atoms with van der Waals surface area (Å²) < 4.78 is 38.0. The summed E-state index contributed by atoms with van der Waals surface area (Å²) in [6.45, 7) is -1.32. The van der Waals surface area contributed by atoms with Crippen LogP contribution in [0.4, 0.5) is 18.9 Å². The molecule has 0 unspecified atom stereocenters. The minimum atomic E-state index is -1.32. The molecule has 0 aliphatic carbocycles. The lowest BCUT2D eigenvalue weighted by Gasteiger charge is -2.07. The van der Waals surface area contributed by atoms with Gasteiger partial charge < -0.3 is 5.73 Å². The molecule has 0 bridgehead atoms. The maximum atomic E-state index is 13.0. The van der Waals surface area contributed by atoms with Gasteiger partial charge in [-0.25, -0.2) is 13.2 Å². The third-order valence-electron chi connectivity index (χ3n) is 1.52. The Kier molecular flexibility index (Phi) is 2.93. The summed E-state index contributed by atoms with van der Waals surface area (Å²) in [6.07, 6.45) is 0. The molecule has 2 N–H and O–H groups in total. The number of alkyl halides is 1. The zero-order valence-electron chi connectivity index (χ0n) is 6.17. The first kappa shape index (κ1) is 10.5. The van der Waals surface area contributed by atoms with E-state index >= 15 is 0 Å². The maximum Gasteiger partial charge on any atom is 0.152 e. The van der Waals surface area contributed by atoms with Crippen molar-refractivity contribution in [2.75, 3.05) is 5.73 Å². The minimum Gasteiger partial charge on any atom is -0.396 e. The fourth-order valence-corrected chi connectivity index (χ4v) is 1.28. The molecule has 0 aliphatic rings. The van der Waals surface area contributed by atoms with Crippen molar-refractivity contribution < 1.29 is 13.2 Å². The van der Waals surface area contributed by atoms with Gasteiger partial charge in [0.2, 0.25) is 0 Å². The lowest BCUT2D eigenvalue weighted by Crippen LogP contribution is -2.00. The summed E-state index contributed by atoms with van der Waals surface area (Å²) in [5, 5.41) is -1.11. The van der Waals surface area contributed by atoms with Gasteiger partial charge in [-0.2, -0.15) is 0 Å². The van der Waals surface area contributed by atoms with Crippen LogP contribution in [-0.2, 0) is 6.67 Å². The number of nitrogen functional groups attached to an aromatic ring is 1. The van der Waals surface area contributed by atoms with Gasteiger partial charge in [0.25, 0.3) is 0 Å². The molecule has 0 fully saturated rings. The third-order valence-corrected chi connectivity index (χ3v) is 2.26. The second kappa shape index (κ2) is 3.64. The molecule has 1 rings (SSSR count). The number of rotatable bonds is 1. The molecule has 0 amide bonds. The highest BCUT2D eigenvalue weighted by Crippen LogP contribution is 2.35. The van der Waals surface area contributed by atoms with Crippen molar-refractivity contribution in [3.63, 3.8) is 0 Å². The average molecular weight is 230 g/mol. The Morgan fingerprint density at radius 2 is 1.46 bits per heavy atom. The Labute approximate surface area is 82.2 Å². The van der Waals surface area contributed by atoms with Crippen LogP contribution in [0.1, 0.15) is 5.56 Å². The van der Waals surface area contributed by atoms with E-state index in [2.05, 4.69) is 0 Å². The van der Waals surface area contributed by atoms with E-state index in [1.807, 2.05) is 0 Å². The number of nitrogens with two attached hydrogens (primary N) is 1. The van der Waals surface area contributed by atoms with E-state index in [4.69, 9.17) is 28.9 Å². The standard InChI is InChI=1S/C7H4Cl2F3N/c8-3-5(11)2(1-10)6(12)4(9)7(3)13/h1,13H2. The van der Waals surface area contributed by atoms with Gasteiger partial charge in [0.05, 0.1) is 11.3 Å². The molecular weight excluding hydrogens is 226 g/mol.